The molecule has 4 nitrogen and oxygen atoms in total. The fraction of sp³-hybridized carbons (Fsp3) is 0.333. The predicted octanol–water partition coefficient (Wildman–Crippen LogP) is 2.33. The third-order valence-corrected chi connectivity index (χ3v) is 4.45. The minimum atomic E-state index is -1.11. The lowest BCUT2D eigenvalue weighted by Gasteiger charge is -2.31. The number of hydrogen-bond acceptors (Lipinski definition) is 3. The first-order chi connectivity index (χ1) is 10.7. The molecule has 0 aromatic heterocycles. The second-order valence-corrected chi connectivity index (χ2v) is 5.83. The molecule has 0 aliphatic heterocycles. The molecule has 0 saturated heterocycles. The first-order valence-corrected chi connectivity index (χ1v) is 7.66. The lowest BCUT2D eigenvalue weighted by molar-refractivity contribution is -0.313. The Morgan fingerprint density at radius 1 is 0.955 bits per heavy atom. The van der Waals surface area contributed by atoms with Gasteiger partial charge in [0.05, 0.1) is 0 Å². The standard InChI is InChI=1S/C18H19NO3/c20-17(14-9-3-4-10-15(14)18(21)22)19-16-11-5-7-12-6-1-2-8-13(12)16/h1-2,5-8,11,14-15H,3-4,9-10H2,(H,19,20)(H,21,22)/p-1. The molecule has 1 aliphatic carbocycles. The molecule has 1 aliphatic rings. The van der Waals surface area contributed by atoms with Crippen LogP contribution in [0.5, 0.6) is 0 Å². The molecule has 0 heterocycles. The van der Waals surface area contributed by atoms with E-state index in [1.807, 2.05) is 42.5 Å². The minimum Gasteiger partial charge on any atom is -0.550 e. The summed E-state index contributed by atoms with van der Waals surface area (Å²) in [5.41, 5.74) is 0.728. The highest BCUT2D eigenvalue weighted by molar-refractivity contribution is 6.03. The zero-order valence-electron chi connectivity index (χ0n) is 12.2. The van der Waals surface area contributed by atoms with Gasteiger partial charge in [0.15, 0.2) is 0 Å². The molecule has 2 aromatic carbocycles. The summed E-state index contributed by atoms with van der Waals surface area (Å²) < 4.78 is 0. The van der Waals surface area contributed by atoms with Crippen molar-refractivity contribution in [1.82, 2.24) is 0 Å². The molecule has 1 saturated carbocycles. The van der Waals surface area contributed by atoms with Gasteiger partial charge in [-0.3, -0.25) is 4.79 Å². The maximum Gasteiger partial charge on any atom is 0.228 e. The van der Waals surface area contributed by atoms with Crippen LogP contribution in [0.2, 0.25) is 0 Å². The van der Waals surface area contributed by atoms with Crippen LogP contribution in [-0.2, 0) is 9.59 Å². The number of aliphatic carboxylic acids is 1. The van der Waals surface area contributed by atoms with E-state index in [1.54, 1.807) is 0 Å². The number of carboxylic acids is 1. The molecule has 1 amide bonds. The van der Waals surface area contributed by atoms with E-state index in [1.165, 1.54) is 0 Å². The number of fused-ring (bicyclic) bond motifs is 1. The molecule has 0 bridgehead atoms. The van der Waals surface area contributed by atoms with Crippen LogP contribution in [0.15, 0.2) is 42.5 Å². The van der Waals surface area contributed by atoms with E-state index >= 15 is 0 Å². The normalized spacial score (nSPS) is 21.5. The van der Waals surface area contributed by atoms with E-state index in [9.17, 15) is 14.7 Å². The van der Waals surface area contributed by atoms with E-state index in [-0.39, 0.29) is 5.91 Å². The summed E-state index contributed by atoms with van der Waals surface area (Å²) in [7, 11) is 0. The van der Waals surface area contributed by atoms with Gasteiger partial charge in [-0.1, -0.05) is 49.2 Å². The van der Waals surface area contributed by atoms with Crippen molar-refractivity contribution in [3.05, 3.63) is 42.5 Å². The van der Waals surface area contributed by atoms with Crippen LogP contribution >= 0.6 is 0 Å². The van der Waals surface area contributed by atoms with Crippen LogP contribution in [0.25, 0.3) is 10.8 Å². The number of nitrogens with one attached hydrogen (secondary N) is 1. The third kappa shape index (κ3) is 2.82. The summed E-state index contributed by atoms with van der Waals surface area (Å²) in [6.45, 7) is 0. The van der Waals surface area contributed by atoms with E-state index in [4.69, 9.17) is 0 Å². The number of benzene rings is 2. The fourth-order valence-electron chi connectivity index (χ4n) is 3.29. The number of anilines is 1. The quantitative estimate of drug-likeness (QED) is 0.945. The Morgan fingerprint density at radius 3 is 2.41 bits per heavy atom. The molecule has 114 valence electrons. The minimum absolute atomic E-state index is 0.217. The number of carboxylic acid groups (broad SMARTS) is 1. The molecule has 2 unspecified atom stereocenters. The Hall–Kier alpha value is -2.36. The molecule has 0 radical (unpaired) electrons. The first kappa shape index (κ1) is 14.6. The molecule has 2 aromatic rings. The van der Waals surface area contributed by atoms with Gasteiger partial charge < -0.3 is 15.2 Å². The summed E-state index contributed by atoms with van der Waals surface area (Å²) in [5, 5.41) is 16.2. The van der Waals surface area contributed by atoms with Gasteiger partial charge in [-0.25, -0.2) is 0 Å². The zero-order chi connectivity index (χ0) is 15.5. The molecule has 22 heavy (non-hydrogen) atoms. The Morgan fingerprint density at radius 2 is 1.64 bits per heavy atom. The van der Waals surface area contributed by atoms with Gasteiger partial charge in [-0.2, -0.15) is 0 Å². The molecular weight excluding hydrogens is 278 g/mol. The molecule has 4 heteroatoms. The third-order valence-electron chi connectivity index (χ3n) is 4.45. The molecule has 2 atom stereocenters. The van der Waals surface area contributed by atoms with Gasteiger partial charge in [-0.05, 0) is 24.3 Å². The molecule has 0 spiro atoms. The Kier molecular flexibility index (Phi) is 4.09. The SMILES string of the molecule is O=C([O-])C1CCCCC1C(=O)Nc1cccc2ccccc12. The van der Waals surface area contributed by atoms with Crippen LogP contribution < -0.4 is 10.4 Å². The predicted molar refractivity (Wildman–Crippen MR) is 83.0 cm³/mol. The second-order valence-electron chi connectivity index (χ2n) is 5.83. The van der Waals surface area contributed by atoms with Crippen LogP contribution in [0.1, 0.15) is 25.7 Å². The topological polar surface area (TPSA) is 69.2 Å². The van der Waals surface area contributed by atoms with Crippen molar-refractivity contribution in [3.8, 4) is 0 Å². The van der Waals surface area contributed by atoms with E-state index in [0.29, 0.717) is 12.8 Å². The van der Waals surface area contributed by atoms with Crippen molar-refractivity contribution in [2.45, 2.75) is 25.7 Å². The van der Waals surface area contributed by atoms with Gasteiger partial charge in [-0.15, -0.1) is 0 Å². The monoisotopic (exact) mass is 296 g/mol. The van der Waals surface area contributed by atoms with Crippen LogP contribution in [0, 0.1) is 11.8 Å². The van der Waals surface area contributed by atoms with Crippen molar-refractivity contribution in [2.24, 2.45) is 11.8 Å². The maximum absolute atomic E-state index is 12.5. The number of carbonyl (C=O) groups is 2. The van der Waals surface area contributed by atoms with Gasteiger partial charge in [0.25, 0.3) is 0 Å². The van der Waals surface area contributed by atoms with Crippen LogP contribution in [0.4, 0.5) is 5.69 Å². The number of carbonyl (C=O) groups excluding carboxylic acids is 2. The van der Waals surface area contributed by atoms with Crippen molar-refractivity contribution in [2.75, 3.05) is 5.32 Å². The summed E-state index contributed by atoms with van der Waals surface area (Å²) in [6, 6.07) is 13.5. The van der Waals surface area contributed by atoms with Gasteiger partial charge in [0.2, 0.25) is 5.91 Å². The highest BCUT2D eigenvalue weighted by Gasteiger charge is 2.31. The Bertz CT molecular complexity index is 705. The molecule has 1 N–H and O–H groups in total. The van der Waals surface area contributed by atoms with Crippen molar-refractivity contribution >= 4 is 28.3 Å². The van der Waals surface area contributed by atoms with Crippen LogP contribution in [-0.4, -0.2) is 11.9 Å². The Balaban J connectivity index is 1.85. The lowest BCUT2D eigenvalue weighted by Crippen LogP contribution is -2.42. The smallest absolute Gasteiger partial charge is 0.228 e. The van der Waals surface area contributed by atoms with Gasteiger partial charge in [0, 0.05) is 28.9 Å². The first-order valence-electron chi connectivity index (χ1n) is 7.66. The Labute approximate surface area is 129 Å². The number of rotatable bonds is 3. The number of hydrogen-bond donors (Lipinski definition) is 1. The summed E-state index contributed by atoms with van der Waals surface area (Å²) >= 11 is 0. The lowest BCUT2D eigenvalue weighted by atomic mass is 9.78. The summed E-state index contributed by atoms with van der Waals surface area (Å²) in [6.07, 6.45) is 2.86. The summed E-state index contributed by atoms with van der Waals surface area (Å²) in [4.78, 5) is 23.8. The largest absolute Gasteiger partial charge is 0.550 e. The molecular formula is C18H18NO3-. The van der Waals surface area contributed by atoms with E-state index in [0.717, 1.165) is 29.3 Å². The van der Waals surface area contributed by atoms with Crippen molar-refractivity contribution < 1.29 is 14.7 Å². The highest BCUT2D eigenvalue weighted by atomic mass is 16.4. The fourth-order valence-corrected chi connectivity index (χ4v) is 3.29. The van der Waals surface area contributed by atoms with Crippen molar-refractivity contribution in [1.29, 1.82) is 0 Å². The zero-order valence-corrected chi connectivity index (χ0v) is 12.2. The maximum atomic E-state index is 12.5. The van der Waals surface area contributed by atoms with Gasteiger partial charge >= 0.3 is 0 Å². The van der Waals surface area contributed by atoms with E-state index < -0.39 is 17.8 Å². The second kappa shape index (κ2) is 6.18. The van der Waals surface area contributed by atoms with E-state index in [2.05, 4.69) is 5.32 Å². The molecule has 1 fully saturated rings. The van der Waals surface area contributed by atoms with Gasteiger partial charge in [0.1, 0.15) is 0 Å². The van der Waals surface area contributed by atoms with Crippen molar-refractivity contribution in [3.63, 3.8) is 0 Å². The number of amides is 1. The summed E-state index contributed by atoms with van der Waals surface area (Å²) in [5.74, 6) is -2.51. The van der Waals surface area contributed by atoms with Crippen LogP contribution in [0.3, 0.4) is 0 Å². The average molecular weight is 296 g/mol. The highest BCUT2D eigenvalue weighted by Crippen LogP contribution is 2.31. The average Bonchev–Trinajstić information content (AvgIpc) is 2.55. The molecule has 3 rings (SSSR count).